The molecule has 164 valence electrons. The molecule has 0 radical (unpaired) electrons. The fraction of sp³-hybridized carbons (Fsp3) is 0.500. The predicted molar refractivity (Wildman–Crippen MR) is 130 cm³/mol. The molecule has 0 bridgehead atoms. The average Bonchev–Trinajstić information content (AvgIpc) is 3.20. The van der Waals surface area contributed by atoms with E-state index < -0.39 is 0 Å². The first-order valence-electron chi connectivity index (χ1n) is 11.9. The van der Waals surface area contributed by atoms with Crippen molar-refractivity contribution in [1.82, 2.24) is 19.8 Å². The number of aryl methyl sites for hydroxylation is 1. The minimum Gasteiger partial charge on any atom is -0.369 e. The van der Waals surface area contributed by atoms with Crippen LogP contribution in [0.15, 0.2) is 42.7 Å². The highest BCUT2D eigenvalue weighted by Gasteiger charge is 2.21. The van der Waals surface area contributed by atoms with Gasteiger partial charge in [0.1, 0.15) is 0 Å². The summed E-state index contributed by atoms with van der Waals surface area (Å²) in [5.74, 6) is 0.593. The van der Waals surface area contributed by atoms with Gasteiger partial charge in [0.05, 0.1) is 17.4 Å². The second-order valence-electron chi connectivity index (χ2n) is 9.48. The third-order valence-electron chi connectivity index (χ3n) is 7.25. The van der Waals surface area contributed by atoms with Crippen LogP contribution >= 0.6 is 0 Å². The lowest BCUT2D eigenvalue weighted by atomic mass is 9.87. The summed E-state index contributed by atoms with van der Waals surface area (Å²) in [5.41, 5.74) is 7.78. The van der Waals surface area contributed by atoms with Gasteiger partial charge in [-0.3, -0.25) is 4.90 Å². The number of piperidine rings is 1. The molecule has 5 rings (SSSR count). The maximum Gasteiger partial charge on any atom is 0.0955 e. The zero-order chi connectivity index (χ0) is 21.4. The van der Waals surface area contributed by atoms with Gasteiger partial charge in [0.25, 0.3) is 0 Å². The highest BCUT2D eigenvalue weighted by molar-refractivity contribution is 5.86. The molecule has 2 aromatic carbocycles. The lowest BCUT2D eigenvalue weighted by molar-refractivity contribution is 0.209. The van der Waals surface area contributed by atoms with E-state index in [4.69, 9.17) is 4.98 Å². The molecule has 5 nitrogen and oxygen atoms in total. The van der Waals surface area contributed by atoms with Gasteiger partial charge in [0.2, 0.25) is 0 Å². The third-order valence-corrected chi connectivity index (χ3v) is 7.25. The summed E-state index contributed by atoms with van der Waals surface area (Å²) in [5, 5.41) is 3.50. The largest absolute Gasteiger partial charge is 0.369 e. The van der Waals surface area contributed by atoms with Gasteiger partial charge in [-0.2, -0.15) is 0 Å². The maximum absolute atomic E-state index is 4.75. The first kappa shape index (κ1) is 20.5. The van der Waals surface area contributed by atoms with E-state index in [1.807, 2.05) is 6.33 Å². The van der Waals surface area contributed by atoms with Crippen molar-refractivity contribution in [2.75, 3.05) is 44.2 Å². The van der Waals surface area contributed by atoms with Crippen LogP contribution in [0.2, 0.25) is 0 Å². The lowest BCUT2D eigenvalue weighted by Crippen LogP contribution is -2.48. The Hall–Kier alpha value is -2.37. The molecule has 31 heavy (non-hydrogen) atoms. The van der Waals surface area contributed by atoms with Crippen LogP contribution in [-0.4, -0.2) is 59.8 Å². The predicted octanol–water partition coefficient (Wildman–Crippen LogP) is 4.24. The SMILES string of the molecule is CC(C)N1CCN(c2ccc(-c3cc(C4CCNCC4)c4ncn(C)c4c3)cc2)CC1. The molecule has 1 N–H and O–H groups in total. The van der Waals surface area contributed by atoms with Gasteiger partial charge in [-0.15, -0.1) is 0 Å². The first-order chi connectivity index (χ1) is 15.1. The van der Waals surface area contributed by atoms with Crippen LogP contribution in [0.3, 0.4) is 0 Å². The minimum atomic E-state index is 0.593. The molecule has 1 aromatic heterocycles. The van der Waals surface area contributed by atoms with E-state index in [0.717, 1.165) is 39.3 Å². The Balaban J connectivity index is 1.42. The normalized spacial score (nSPS) is 18.9. The van der Waals surface area contributed by atoms with E-state index in [9.17, 15) is 0 Å². The van der Waals surface area contributed by atoms with Crippen LogP contribution in [0.25, 0.3) is 22.2 Å². The van der Waals surface area contributed by atoms with E-state index in [0.29, 0.717) is 12.0 Å². The summed E-state index contributed by atoms with van der Waals surface area (Å²) in [4.78, 5) is 9.84. The number of rotatable bonds is 4. The summed E-state index contributed by atoms with van der Waals surface area (Å²) in [6.45, 7) is 11.3. The van der Waals surface area contributed by atoms with Gasteiger partial charge >= 0.3 is 0 Å². The Morgan fingerprint density at radius 2 is 1.65 bits per heavy atom. The third kappa shape index (κ3) is 4.09. The first-order valence-corrected chi connectivity index (χ1v) is 11.9. The fourth-order valence-electron chi connectivity index (χ4n) is 5.23. The van der Waals surface area contributed by atoms with Gasteiger partial charge < -0.3 is 14.8 Å². The van der Waals surface area contributed by atoms with Crippen LogP contribution in [0.4, 0.5) is 5.69 Å². The topological polar surface area (TPSA) is 36.3 Å². The molecule has 2 saturated heterocycles. The second kappa shape index (κ2) is 8.64. The molecule has 0 amide bonds. The molecule has 0 atom stereocenters. The Kier molecular flexibility index (Phi) is 5.72. The molecule has 3 heterocycles. The molecule has 2 aliphatic rings. The van der Waals surface area contributed by atoms with E-state index in [1.165, 1.54) is 46.3 Å². The monoisotopic (exact) mass is 417 g/mol. The van der Waals surface area contributed by atoms with Crippen molar-refractivity contribution in [2.24, 2.45) is 7.05 Å². The van der Waals surface area contributed by atoms with Crippen LogP contribution in [0.1, 0.15) is 38.2 Å². The molecule has 2 aliphatic heterocycles. The van der Waals surface area contributed by atoms with Crippen molar-refractivity contribution in [3.05, 3.63) is 48.3 Å². The van der Waals surface area contributed by atoms with Crippen molar-refractivity contribution < 1.29 is 0 Å². The molecule has 5 heteroatoms. The summed E-state index contributed by atoms with van der Waals surface area (Å²) in [7, 11) is 2.10. The summed E-state index contributed by atoms with van der Waals surface area (Å²) >= 11 is 0. The Morgan fingerprint density at radius 1 is 0.935 bits per heavy atom. The fourth-order valence-corrected chi connectivity index (χ4v) is 5.23. The minimum absolute atomic E-state index is 0.593. The zero-order valence-corrected chi connectivity index (χ0v) is 19.1. The number of nitrogens with zero attached hydrogens (tertiary/aromatic N) is 4. The molecule has 0 spiro atoms. The Labute approximate surface area is 186 Å². The highest BCUT2D eigenvalue weighted by Crippen LogP contribution is 2.35. The van der Waals surface area contributed by atoms with E-state index >= 15 is 0 Å². The summed E-state index contributed by atoms with van der Waals surface area (Å²) in [6.07, 6.45) is 4.34. The van der Waals surface area contributed by atoms with Gasteiger partial charge in [0, 0.05) is 45.0 Å². The van der Waals surface area contributed by atoms with Gasteiger partial charge in [-0.05, 0) is 86.7 Å². The maximum atomic E-state index is 4.75. The van der Waals surface area contributed by atoms with Crippen molar-refractivity contribution in [1.29, 1.82) is 0 Å². The number of aromatic nitrogens is 2. The number of nitrogens with one attached hydrogen (secondary N) is 1. The van der Waals surface area contributed by atoms with Crippen molar-refractivity contribution >= 4 is 16.7 Å². The Bertz CT molecular complexity index is 1020. The van der Waals surface area contributed by atoms with Crippen molar-refractivity contribution in [3.8, 4) is 11.1 Å². The van der Waals surface area contributed by atoms with Gasteiger partial charge in [0.15, 0.2) is 0 Å². The van der Waals surface area contributed by atoms with Crippen LogP contribution < -0.4 is 10.2 Å². The standard InChI is InChI=1S/C26H35N5/c1-19(2)30-12-14-31(15-13-30)23-6-4-20(5-7-23)22-16-24(21-8-10-27-11-9-21)26-25(17-22)29(3)18-28-26/h4-7,16-19,21,27H,8-15H2,1-3H3. The number of piperazine rings is 1. The summed E-state index contributed by atoms with van der Waals surface area (Å²) in [6, 6.07) is 14.6. The second-order valence-corrected chi connectivity index (χ2v) is 9.48. The number of imidazole rings is 1. The zero-order valence-electron chi connectivity index (χ0n) is 19.1. The van der Waals surface area contributed by atoms with Crippen LogP contribution in [0.5, 0.6) is 0 Å². The molecular weight excluding hydrogens is 382 g/mol. The van der Waals surface area contributed by atoms with Crippen molar-refractivity contribution in [3.63, 3.8) is 0 Å². The molecule has 0 aliphatic carbocycles. The van der Waals surface area contributed by atoms with Crippen molar-refractivity contribution in [2.45, 2.75) is 38.6 Å². The molecule has 0 unspecified atom stereocenters. The molecular formula is C26H35N5. The quantitative estimate of drug-likeness (QED) is 0.689. The highest BCUT2D eigenvalue weighted by atomic mass is 15.3. The van der Waals surface area contributed by atoms with E-state index in [-0.39, 0.29) is 0 Å². The van der Waals surface area contributed by atoms with E-state index in [1.54, 1.807) is 0 Å². The molecule has 3 aromatic rings. The van der Waals surface area contributed by atoms with Gasteiger partial charge in [-0.1, -0.05) is 12.1 Å². The number of fused-ring (bicyclic) bond motifs is 1. The Morgan fingerprint density at radius 3 is 2.32 bits per heavy atom. The number of hydrogen-bond acceptors (Lipinski definition) is 4. The van der Waals surface area contributed by atoms with Crippen LogP contribution in [0, 0.1) is 0 Å². The number of anilines is 1. The number of hydrogen-bond donors (Lipinski definition) is 1. The van der Waals surface area contributed by atoms with Crippen LogP contribution in [-0.2, 0) is 7.05 Å². The lowest BCUT2D eigenvalue weighted by Gasteiger charge is -2.38. The summed E-state index contributed by atoms with van der Waals surface area (Å²) < 4.78 is 2.16. The van der Waals surface area contributed by atoms with Gasteiger partial charge in [-0.25, -0.2) is 4.98 Å². The number of benzene rings is 2. The average molecular weight is 418 g/mol. The molecule has 2 fully saturated rings. The smallest absolute Gasteiger partial charge is 0.0955 e. The molecule has 0 saturated carbocycles. The van der Waals surface area contributed by atoms with E-state index in [2.05, 4.69) is 77.0 Å².